The number of carbonyl (C=O) groups is 1. The summed E-state index contributed by atoms with van der Waals surface area (Å²) >= 11 is 18.5. The number of carbonyl (C=O) groups excluding carboxylic acids is 1. The van der Waals surface area contributed by atoms with Crippen molar-refractivity contribution in [3.63, 3.8) is 0 Å². The number of nitrogens with one attached hydrogen (secondary N) is 1. The number of nitrogens with zero attached hydrogens (tertiary/aromatic N) is 1. The van der Waals surface area contributed by atoms with Gasteiger partial charge >= 0.3 is 0 Å². The van der Waals surface area contributed by atoms with Crippen LogP contribution in [0.3, 0.4) is 0 Å². The van der Waals surface area contributed by atoms with Crippen LogP contribution in [-0.4, -0.2) is 37.3 Å². The van der Waals surface area contributed by atoms with Gasteiger partial charge in [-0.3, -0.25) is 4.79 Å². The summed E-state index contributed by atoms with van der Waals surface area (Å²) in [7, 11) is 0. The minimum Gasteiger partial charge on any atom is -0.387 e. The number of hydrogen-bond donors (Lipinski definition) is 2. The van der Waals surface area contributed by atoms with Gasteiger partial charge in [-0.15, -0.1) is 0 Å². The summed E-state index contributed by atoms with van der Waals surface area (Å²) in [5.41, 5.74) is 1.32. The fraction of sp³-hybridized carbons (Fsp3) is 0.462. The van der Waals surface area contributed by atoms with Crippen LogP contribution in [0.1, 0.15) is 12.0 Å². The van der Waals surface area contributed by atoms with Crippen molar-refractivity contribution in [2.45, 2.75) is 11.8 Å². The molecule has 1 aromatic carbocycles. The number of halogens is 3. The van der Waals surface area contributed by atoms with Gasteiger partial charge in [0.1, 0.15) is 6.61 Å². The lowest BCUT2D eigenvalue weighted by Crippen LogP contribution is -2.39. The summed E-state index contributed by atoms with van der Waals surface area (Å²) in [5.74, 6) is -0.379. The van der Waals surface area contributed by atoms with E-state index in [-0.39, 0.29) is 21.4 Å². The number of hydrogen-bond acceptors (Lipinski definition) is 3. The first-order chi connectivity index (χ1) is 9.50. The molecule has 2 N–H and O–H groups in total. The molecule has 0 aliphatic carbocycles. The van der Waals surface area contributed by atoms with Crippen LogP contribution >= 0.6 is 34.8 Å². The van der Waals surface area contributed by atoms with Crippen molar-refractivity contribution in [1.29, 1.82) is 0 Å². The molecular weight excluding hydrogens is 323 g/mol. The van der Waals surface area contributed by atoms with Gasteiger partial charge in [-0.05, 0) is 24.6 Å². The number of anilines is 1. The van der Waals surface area contributed by atoms with Gasteiger partial charge in [0.2, 0.25) is 0 Å². The van der Waals surface area contributed by atoms with Crippen molar-refractivity contribution in [2.24, 2.45) is 0 Å². The molecule has 2 aliphatic rings. The van der Waals surface area contributed by atoms with Gasteiger partial charge in [-0.1, -0.05) is 34.8 Å². The van der Waals surface area contributed by atoms with E-state index in [0.717, 1.165) is 25.1 Å². The highest BCUT2D eigenvalue weighted by atomic mass is 35.5. The lowest BCUT2D eigenvalue weighted by atomic mass is 9.82. The van der Waals surface area contributed by atoms with Crippen LogP contribution in [0.2, 0.25) is 15.1 Å². The van der Waals surface area contributed by atoms with Gasteiger partial charge in [-0.25, -0.2) is 0 Å². The third-order valence-electron chi connectivity index (χ3n) is 4.12. The van der Waals surface area contributed by atoms with Crippen LogP contribution in [0.15, 0.2) is 6.07 Å². The van der Waals surface area contributed by atoms with E-state index in [1.54, 1.807) is 6.07 Å². The smallest absolute Gasteiger partial charge is 0.252 e. The Morgan fingerprint density at radius 2 is 2.15 bits per heavy atom. The zero-order valence-electron chi connectivity index (χ0n) is 10.5. The molecule has 2 heterocycles. The molecule has 1 amide bonds. The molecule has 0 unspecified atom stereocenters. The standard InChI is InChI=1S/C13H13Cl3N2O2/c14-8-3-7-12(11(16)10(8)15)18(9(20)4-19)6-13(7)1-2-17-5-13/h3,17,19H,1-2,4-6H2/t13-/m1/s1. The van der Waals surface area contributed by atoms with Crippen molar-refractivity contribution in [2.75, 3.05) is 31.1 Å². The van der Waals surface area contributed by atoms with Crippen LogP contribution in [0, 0.1) is 0 Å². The highest BCUT2D eigenvalue weighted by molar-refractivity contribution is 6.49. The van der Waals surface area contributed by atoms with Crippen molar-refractivity contribution >= 4 is 46.4 Å². The Bertz CT molecular complexity index is 585. The molecule has 0 saturated carbocycles. The highest BCUT2D eigenvalue weighted by Gasteiger charge is 2.48. The van der Waals surface area contributed by atoms with E-state index in [9.17, 15) is 4.79 Å². The Morgan fingerprint density at radius 1 is 1.40 bits per heavy atom. The molecule has 1 atom stereocenters. The summed E-state index contributed by atoms with van der Waals surface area (Å²) in [6.45, 7) is 1.56. The van der Waals surface area contributed by atoms with Crippen LogP contribution in [-0.2, 0) is 10.2 Å². The van der Waals surface area contributed by atoms with Crippen LogP contribution in [0.4, 0.5) is 5.69 Å². The van der Waals surface area contributed by atoms with Crippen LogP contribution < -0.4 is 10.2 Å². The van der Waals surface area contributed by atoms with Gasteiger partial charge in [0.25, 0.3) is 5.91 Å². The van der Waals surface area contributed by atoms with E-state index >= 15 is 0 Å². The zero-order chi connectivity index (χ0) is 14.5. The van der Waals surface area contributed by atoms with Gasteiger partial charge in [0, 0.05) is 18.5 Å². The van der Waals surface area contributed by atoms with E-state index in [1.165, 1.54) is 4.90 Å². The first-order valence-corrected chi connectivity index (χ1v) is 7.43. The molecule has 0 bridgehead atoms. The number of amides is 1. The molecule has 0 radical (unpaired) electrons. The largest absolute Gasteiger partial charge is 0.387 e. The molecule has 3 rings (SSSR count). The fourth-order valence-corrected chi connectivity index (χ4v) is 3.83. The Hall–Kier alpha value is -0.520. The topological polar surface area (TPSA) is 52.6 Å². The summed E-state index contributed by atoms with van der Waals surface area (Å²) in [5, 5.41) is 13.4. The first kappa shape index (κ1) is 14.4. The lowest BCUT2D eigenvalue weighted by Gasteiger charge is -2.23. The monoisotopic (exact) mass is 334 g/mol. The second-order valence-electron chi connectivity index (χ2n) is 5.23. The second-order valence-corrected chi connectivity index (χ2v) is 6.39. The maximum Gasteiger partial charge on any atom is 0.252 e. The second kappa shape index (κ2) is 5.04. The predicted molar refractivity (Wildman–Crippen MR) is 80.1 cm³/mol. The van der Waals surface area contributed by atoms with E-state index in [4.69, 9.17) is 39.9 Å². The number of benzene rings is 1. The summed E-state index contributed by atoms with van der Waals surface area (Å²) in [6.07, 6.45) is 0.892. The van der Waals surface area contributed by atoms with Crippen molar-refractivity contribution in [3.05, 3.63) is 26.7 Å². The number of fused-ring (bicyclic) bond motifs is 2. The maximum absolute atomic E-state index is 12.0. The summed E-state index contributed by atoms with van der Waals surface area (Å²) in [4.78, 5) is 13.5. The molecule has 1 saturated heterocycles. The predicted octanol–water partition coefficient (Wildman–Crippen LogP) is 2.22. The molecule has 108 valence electrons. The molecule has 1 fully saturated rings. The maximum atomic E-state index is 12.0. The number of rotatable bonds is 1. The van der Waals surface area contributed by atoms with Gasteiger partial charge in [-0.2, -0.15) is 0 Å². The Labute approximate surface area is 131 Å². The lowest BCUT2D eigenvalue weighted by molar-refractivity contribution is -0.121. The van der Waals surface area contributed by atoms with Crippen molar-refractivity contribution in [3.8, 4) is 0 Å². The van der Waals surface area contributed by atoms with E-state index in [0.29, 0.717) is 17.3 Å². The SMILES string of the molecule is O=C(CO)N1C[C@]2(CCNC2)c2cc(Cl)c(Cl)c(Cl)c21. The minimum absolute atomic E-state index is 0.196. The molecule has 20 heavy (non-hydrogen) atoms. The van der Waals surface area contributed by atoms with Gasteiger partial charge < -0.3 is 15.3 Å². The average Bonchev–Trinajstić information content (AvgIpc) is 3.03. The Morgan fingerprint density at radius 3 is 2.75 bits per heavy atom. The summed E-state index contributed by atoms with van der Waals surface area (Å²) < 4.78 is 0. The highest BCUT2D eigenvalue weighted by Crippen LogP contribution is 2.51. The van der Waals surface area contributed by atoms with Gasteiger partial charge in [0.15, 0.2) is 0 Å². The molecule has 2 aliphatic heterocycles. The van der Waals surface area contributed by atoms with Crippen LogP contribution in [0.25, 0.3) is 0 Å². The van der Waals surface area contributed by atoms with Crippen molar-refractivity contribution in [1.82, 2.24) is 5.32 Å². The normalized spacial score (nSPS) is 24.5. The average molecular weight is 336 g/mol. The van der Waals surface area contributed by atoms with Crippen LogP contribution in [0.5, 0.6) is 0 Å². The third-order valence-corrected chi connectivity index (χ3v) is 5.37. The molecule has 0 aromatic heterocycles. The van der Waals surface area contributed by atoms with Gasteiger partial charge in [0.05, 0.1) is 20.8 Å². The number of aliphatic hydroxyl groups is 1. The minimum atomic E-state index is -0.556. The molecule has 1 aromatic rings. The van der Waals surface area contributed by atoms with E-state index < -0.39 is 6.61 Å². The molecule has 4 nitrogen and oxygen atoms in total. The first-order valence-electron chi connectivity index (χ1n) is 6.30. The van der Waals surface area contributed by atoms with Crippen molar-refractivity contribution < 1.29 is 9.90 Å². The Kier molecular flexibility index (Phi) is 3.63. The molecular formula is C13H13Cl3N2O2. The fourth-order valence-electron chi connectivity index (χ4n) is 3.13. The third kappa shape index (κ3) is 1.94. The van der Waals surface area contributed by atoms with E-state index in [2.05, 4.69) is 5.32 Å². The van der Waals surface area contributed by atoms with E-state index in [1.807, 2.05) is 0 Å². The molecule has 1 spiro atoms. The Balaban J connectivity index is 2.21. The number of aliphatic hydroxyl groups excluding tert-OH is 1. The summed E-state index contributed by atoms with van der Waals surface area (Å²) in [6, 6.07) is 1.79. The molecule has 7 heteroatoms. The zero-order valence-corrected chi connectivity index (χ0v) is 12.8. The quantitative estimate of drug-likeness (QED) is 0.774.